The van der Waals surface area contributed by atoms with E-state index >= 15 is 0 Å². The lowest BCUT2D eigenvalue weighted by Crippen LogP contribution is -2.49. The van der Waals surface area contributed by atoms with Crippen molar-refractivity contribution >= 4 is 33.2 Å². The molecule has 1 aromatic rings. The van der Waals surface area contributed by atoms with Gasteiger partial charge in [0.2, 0.25) is 0 Å². The lowest BCUT2D eigenvalue weighted by atomic mass is 9.79. The number of amides is 1. The van der Waals surface area contributed by atoms with Gasteiger partial charge in [-0.15, -0.1) is 0 Å². The Labute approximate surface area is 176 Å². The van der Waals surface area contributed by atoms with Gasteiger partial charge in [-0.25, -0.2) is 0 Å². The normalized spacial score (nSPS) is 24.7. The van der Waals surface area contributed by atoms with Gasteiger partial charge in [0.05, 0.1) is 25.0 Å². The number of halogens is 1. The van der Waals surface area contributed by atoms with Gasteiger partial charge >= 0.3 is 10.1 Å². The predicted octanol–water partition coefficient (Wildman–Crippen LogP) is 3.06. The predicted molar refractivity (Wildman–Crippen MR) is 110 cm³/mol. The summed E-state index contributed by atoms with van der Waals surface area (Å²) in [6.45, 7) is 1.93. The quantitative estimate of drug-likeness (QED) is 0.679. The SMILES string of the molecule is CCc1cc(Cl)cc(OC)c1C1=C(OS(C)(=O)=O)C2(CCC(OC)CC2)NC1=O. The van der Waals surface area contributed by atoms with Crippen LogP contribution in [0.4, 0.5) is 0 Å². The number of benzene rings is 1. The molecule has 1 spiro atoms. The molecule has 1 aliphatic heterocycles. The highest BCUT2D eigenvalue weighted by atomic mass is 35.5. The Bertz CT molecular complexity index is 923. The molecule has 2 aliphatic rings. The zero-order valence-corrected chi connectivity index (χ0v) is 18.6. The molecule has 1 amide bonds. The molecule has 7 nitrogen and oxygen atoms in total. The van der Waals surface area contributed by atoms with E-state index in [2.05, 4.69) is 5.32 Å². The summed E-state index contributed by atoms with van der Waals surface area (Å²) in [5.74, 6) is 0.154. The number of rotatable bonds is 6. The van der Waals surface area contributed by atoms with Crippen LogP contribution in [0.1, 0.15) is 43.7 Å². The van der Waals surface area contributed by atoms with Crippen LogP contribution in [0.15, 0.2) is 17.9 Å². The summed E-state index contributed by atoms with van der Waals surface area (Å²) >= 11 is 6.20. The summed E-state index contributed by atoms with van der Waals surface area (Å²) in [6.07, 6.45) is 4.02. The number of ether oxygens (including phenoxy) is 2. The van der Waals surface area contributed by atoms with Gasteiger partial charge in [0, 0.05) is 17.7 Å². The minimum absolute atomic E-state index is 0.0670. The third-order valence-electron chi connectivity index (χ3n) is 5.60. The molecule has 1 N–H and O–H groups in total. The Hall–Kier alpha value is -1.77. The van der Waals surface area contributed by atoms with Crippen molar-refractivity contribution in [2.45, 2.75) is 50.7 Å². The highest BCUT2D eigenvalue weighted by Gasteiger charge is 2.51. The van der Waals surface area contributed by atoms with Gasteiger partial charge in [0.1, 0.15) is 11.3 Å². The maximum Gasteiger partial charge on any atom is 0.306 e. The average Bonchev–Trinajstić information content (AvgIpc) is 2.91. The van der Waals surface area contributed by atoms with Crippen LogP contribution in [0.5, 0.6) is 5.75 Å². The van der Waals surface area contributed by atoms with Crippen LogP contribution in [0, 0.1) is 0 Å². The van der Waals surface area contributed by atoms with Crippen molar-refractivity contribution in [3.63, 3.8) is 0 Å². The molecule has 1 saturated carbocycles. The fraction of sp³-hybridized carbons (Fsp3) is 0.550. The Balaban J connectivity index is 2.24. The fourth-order valence-corrected chi connectivity index (χ4v) is 4.99. The van der Waals surface area contributed by atoms with Gasteiger partial charge in [0.15, 0.2) is 5.76 Å². The van der Waals surface area contributed by atoms with Crippen LogP contribution in [-0.2, 0) is 30.3 Å². The first-order valence-corrected chi connectivity index (χ1v) is 11.7. The number of nitrogens with one attached hydrogen (secondary N) is 1. The van der Waals surface area contributed by atoms with Crippen LogP contribution in [0.25, 0.3) is 5.57 Å². The van der Waals surface area contributed by atoms with Crippen molar-refractivity contribution in [3.8, 4) is 5.75 Å². The zero-order chi connectivity index (χ0) is 21.4. The molecule has 0 radical (unpaired) electrons. The Morgan fingerprint density at radius 3 is 2.41 bits per heavy atom. The Kier molecular flexibility index (Phi) is 6.17. The zero-order valence-electron chi connectivity index (χ0n) is 17.0. The van der Waals surface area contributed by atoms with Crippen LogP contribution in [0.2, 0.25) is 5.02 Å². The second-order valence-electron chi connectivity index (χ2n) is 7.46. The van der Waals surface area contributed by atoms with Crippen molar-refractivity contribution in [2.24, 2.45) is 0 Å². The van der Waals surface area contributed by atoms with Crippen molar-refractivity contribution < 1.29 is 26.9 Å². The van der Waals surface area contributed by atoms with Crippen molar-refractivity contribution in [2.75, 3.05) is 20.5 Å². The average molecular weight is 444 g/mol. The molecule has 0 saturated heterocycles. The molecule has 0 atom stereocenters. The van der Waals surface area contributed by atoms with Gasteiger partial charge in [0.25, 0.3) is 5.91 Å². The van der Waals surface area contributed by atoms with Gasteiger partial charge in [-0.05, 0) is 49.8 Å². The molecule has 1 heterocycles. The smallest absolute Gasteiger partial charge is 0.306 e. The molecule has 1 aliphatic carbocycles. The third-order valence-corrected chi connectivity index (χ3v) is 6.28. The van der Waals surface area contributed by atoms with Gasteiger partial charge in [-0.3, -0.25) is 4.79 Å². The first-order chi connectivity index (χ1) is 13.6. The van der Waals surface area contributed by atoms with Crippen molar-refractivity contribution in [1.82, 2.24) is 5.32 Å². The molecule has 160 valence electrons. The number of aryl methyl sites for hydroxylation is 1. The molecule has 9 heteroatoms. The first kappa shape index (κ1) is 21.9. The van der Waals surface area contributed by atoms with E-state index in [1.807, 2.05) is 6.92 Å². The van der Waals surface area contributed by atoms with E-state index < -0.39 is 15.7 Å². The molecule has 0 aromatic heterocycles. The highest BCUT2D eigenvalue weighted by Crippen LogP contribution is 2.47. The number of hydrogen-bond donors (Lipinski definition) is 1. The number of methoxy groups -OCH3 is 2. The number of carbonyl (C=O) groups is 1. The summed E-state index contributed by atoms with van der Waals surface area (Å²) in [7, 11) is -0.727. The molecule has 3 rings (SSSR count). The van der Waals surface area contributed by atoms with E-state index in [-0.39, 0.29) is 23.3 Å². The number of hydrogen-bond acceptors (Lipinski definition) is 6. The largest absolute Gasteiger partial charge is 0.496 e. The minimum atomic E-state index is -3.86. The first-order valence-electron chi connectivity index (χ1n) is 9.50. The van der Waals surface area contributed by atoms with Crippen molar-refractivity contribution in [1.29, 1.82) is 0 Å². The second kappa shape index (κ2) is 8.16. The van der Waals surface area contributed by atoms with E-state index in [9.17, 15) is 13.2 Å². The van der Waals surface area contributed by atoms with Crippen LogP contribution in [0.3, 0.4) is 0 Å². The van der Waals surface area contributed by atoms with Gasteiger partial charge in [-0.2, -0.15) is 8.42 Å². The minimum Gasteiger partial charge on any atom is -0.496 e. The maximum atomic E-state index is 13.2. The Morgan fingerprint density at radius 1 is 1.24 bits per heavy atom. The second-order valence-corrected chi connectivity index (χ2v) is 9.47. The fourth-order valence-electron chi connectivity index (χ4n) is 4.21. The number of carbonyl (C=O) groups excluding carboxylic acids is 1. The monoisotopic (exact) mass is 443 g/mol. The summed E-state index contributed by atoms with van der Waals surface area (Å²) in [6, 6.07) is 3.37. The molecular formula is C20H26ClNO6S. The summed E-state index contributed by atoms with van der Waals surface area (Å²) in [5.41, 5.74) is 0.592. The van der Waals surface area contributed by atoms with Crippen LogP contribution >= 0.6 is 11.6 Å². The van der Waals surface area contributed by atoms with E-state index in [1.165, 1.54) is 7.11 Å². The van der Waals surface area contributed by atoms with E-state index in [0.29, 0.717) is 48.4 Å². The third kappa shape index (κ3) is 4.25. The summed E-state index contributed by atoms with van der Waals surface area (Å²) in [4.78, 5) is 13.2. The molecule has 0 unspecified atom stereocenters. The maximum absolute atomic E-state index is 13.2. The van der Waals surface area contributed by atoms with Crippen LogP contribution in [-0.4, -0.2) is 46.4 Å². The van der Waals surface area contributed by atoms with E-state index in [4.69, 9.17) is 25.3 Å². The standard InChI is InChI=1S/C20H26ClNO6S/c1-5-12-10-13(21)11-15(27-3)16(12)17-18(28-29(4,24)25)20(22-19(17)23)8-6-14(26-2)7-9-20/h10-11,14H,5-9H2,1-4H3,(H,22,23). The van der Waals surface area contributed by atoms with Crippen molar-refractivity contribution in [3.05, 3.63) is 34.0 Å². The molecule has 1 fully saturated rings. The Morgan fingerprint density at radius 2 is 1.90 bits per heavy atom. The molecule has 1 aromatic carbocycles. The van der Waals surface area contributed by atoms with Gasteiger partial charge in [-0.1, -0.05) is 18.5 Å². The lowest BCUT2D eigenvalue weighted by molar-refractivity contribution is -0.116. The van der Waals surface area contributed by atoms with E-state index in [0.717, 1.165) is 11.8 Å². The summed E-state index contributed by atoms with van der Waals surface area (Å²) < 4.78 is 40.6. The molecule has 29 heavy (non-hydrogen) atoms. The lowest BCUT2D eigenvalue weighted by Gasteiger charge is -2.37. The molecule has 0 bridgehead atoms. The molecular weight excluding hydrogens is 418 g/mol. The highest BCUT2D eigenvalue weighted by molar-refractivity contribution is 7.86. The van der Waals surface area contributed by atoms with E-state index in [1.54, 1.807) is 19.2 Å². The van der Waals surface area contributed by atoms with Gasteiger partial charge < -0.3 is 19.0 Å². The van der Waals surface area contributed by atoms with Crippen LogP contribution < -0.4 is 10.1 Å². The topological polar surface area (TPSA) is 90.9 Å². The summed E-state index contributed by atoms with van der Waals surface area (Å²) in [5, 5.41) is 3.48.